The van der Waals surface area contributed by atoms with Crippen LogP contribution in [0.4, 0.5) is 5.69 Å². The molecule has 3 aliphatic rings. The van der Waals surface area contributed by atoms with Crippen LogP contribution in [0.1, 0.15) is 34.2 Å². The van der Waals surface area contributed by atoms with Crippen LogP contribution < -0.4 is 5.32 Å². The third-order valence-electron chi connectivity index (χ3n) is 4.45. The molecule has 5 rings (SSSR count). The van der Waals surface area contributed by atoms with E-state index in [9.17, 15) is 10.1 Å². The number of nitrogens with one attached hydrogen (secondary N) is 1. The second kappa shape index (κ2) is 4.15. The maximum atomic E-state index is 11.0. The Morgan fingerprint density at radius 3 is 2.70 bits per heavy atom. The smallest absolute Gasteiger partial charge is 0.269 e. The van der Waals surface area contributed by atoms with Gasteiger partial charge in [-0.2, -0.15) is 0 Å². The Morgan fingerprint density at radius 2 is 1.90 bits per heavy atom. The summed E-state index contributed by atoms with van der Waals surface area (Å²) in [6.45, 7) is 0.857. The van der Waals surface area contributed by atoms with Crippen molar-refractivity contribution in [3.8, 4) is 0 Å². The third-order valence-corrected chi connectivity index (χ3v) is 4.45. The highest BCUT2D eigenvalue weighted by atomic mass is 16.6. The van der Waals surface area contributed by atoms with Gasteiger partial charge in [-0.1, -0.05) is 30.3 Å². The van der Waals surface area contributed by atoms with E-state index in [4.69, 9.17) is 0 Å². The van der Waals surface area contributed by atoms with Crippen molar-refractivity contribution >= 4 is 5.69 Å². The van der Waals surface area contributed by atoms with E-state index < -0.39 is 0 Å². The van der Waals surface area contributed by atoms with Gasteiger partial charge in [0.2, 0.25) is 0 Å². The lowest BCUT2D eigenvalue weighted by Gasteiger charge is -2.28. The molecule has 0 amide bonds. The molecule has 0 saturated carbocycles. The van der Waals surface area contributed by atoms with E-state index in [1.807, 2.05) is 6.07 Å². The summed E-state index contributed by atoms with van der Waals surface area (Å²) in [5, 5.41) is 14.6. The molecule has 0 spiro atoms. The van der Waals surface area contributed by atoms with Gasteiger partial charge >= 0.3 is 0 Å². The zero-order chi connectivity index (χ0) is 13.7. The molecule has 0 radical (unpaired) electrons. The summed E-state index contributed by atoms with van der Waals surface area (Å²) in [6.07, 6.45) is 0.904. The monoisotopic (exact) mass is 266 g/mol. The molecule has 2 heterocycles. The van der Waals surface area contributed by atoms with Crippen LogP contribution in [-0.2, 0) is 6.42 Å². The lowest BCUT2D eigenvalue weighted by Crippen LogP contribution is -2.31. The van der Waals surface area contributed by atoms with Gasteiger partial charge in [0.25, 0.3) is 5.69 Å². The first-order valence-corrected chi connectivity index (χ1v) is 6.83. The minimum Gasteiger partial charge on any atom is -0.309 e. The topological polar surface area (TPSA) is 55.2 Å². The number of hydrogen-bond acceptors (Lipinski definition) is 3. The van der Waals surface area contributed by atoms with E-state index in [0.717, 1.165) is 18.5 Å². The van der Waals surface area contributed by atoms with Crippen molar-refractivity contribution in [2.24, 2.45) is 0 Å². The molecule has 100 valence electrons. The maximum absolute atomic E-state index is 11.0. The van der Waals surface area contributed by atoms with Gasteiger partial charge in [0.1, 0.15) is 0 Å². The molecule has 2 atom stereocenters. The number of benzene rings is 2. The van der Waals surface area contributed by atoms with Crippen molar-refractivity contribution in [3.63, 3.8) is 0 Å². The van der Waals surface area contributed by atoms with Crippen LogP contribution in [0.2, 0.25) is 0 Å². The van der Waals surface area contributed by atoms with Crippen LogP contribution >= 0.6 is 0 Å². The van der Waals surface area contributed by atoms with Gasteiger partial charge in [0.05, 0.1) is 4.92 Å². The Labute approximate surface area is 116 Å². The normalized spacial score (nSPS) is 22.8. The Kier molecular flexibility index (Phi) is 2.41. The van der Waals surface area contributed by atoms with Gasteiger partial charge in [0.15, 0.2) is 0 Å². The molecular formula is C16H14N2O2. The van der Waals surface area contributed by atoms with E-state index >= 15 is 0 Å². The van der Waals surface area contributed by atoms with E-state index in [1.165, 1.54) is 16.7 Å². The molecule has 0 fully saturated rings. The molecule has 4 nitrogen and oxygen atoms in total. The molecule has 2 bridgehead atoms. The Balaban J connectivity index is 1.94. The minimum absolute atomic E-state index is 0.187. The highest BCUT2D eigenvalue weighted by Gasteiger charge is 2.33. The highest BCUT2D eigenvalue weighted by Crippen LogP contribution is 2.42. The zero-order valence-corrected chi connectivity index (χ0v) is 10.9. The van der Waals surface area contributed by atoms with Crippen LogP contribution in [-0.4, -0.2) is 11.5 Å². The van der Waals surface area contributed by atoms with Crippen LogP contribution in [0.15, 0.2) is 42.5 Å². The lowest BCUT2D eigenvalue weighted by molar-refractivity contribution is -0.384. The standard InChI is InChI=1S/C16H14N2O2/c19-18(20)11-6-5-10-7-16-13-4-2-1-3-12(13)15(9-17-16)14(10)8-11/h1-6,8,15-17H,7,9H2/t15-,16-/m0/s1. The predicted molar refractivity (Wildman–Crippen MR) is 75.8 cm³/mol. The largest absolute Gasteiger partial charge is 0.309 e. The number of nitrogens with zero attached hydrogens (tertiary/aromatic N) is 1. The molecule has 2 aromatic carbocycles. The van der Waals surface area contributed by atoms with E-state index in [1.54, 1.807) is 12.1 Å². The molecule has 2 aromatic rings. The molecular weight excluding hydrogens is 252 g/mol. The molecule has 0 unspecified atom stereocenters. The number of rotatable bonds is 1. The second-order valence-corrected chi connectivity index (χ2v) is 5.49. The van der Waals surface area contributed by atoms with Crippen molar-refractivity contribution in [1.82, 2.24) is 5.32 Å². The summed E-state index contributed by atoms with van der Waals surface area (Å²) < 4.78 is 0. The average Bonchev–Trinajstić information content (AvgIpc) is 2.73. The van der Waals surface area contributed by atoms with Crippen LogP contribution in [0.3, 0.4) is 0 Å². The summed E-state index contributed by atoms with van der Waals surface area (Å²) in [5.74, 6) is 0.222. The van der Waals surface area contributed by atoms with Crippen molar-refractivity contribution in [2.75, 3.05) is 6.54 Å². The first-order valence-electron chi connectivity index (χ1n) is 6.83. The Morgan fingerprint density at radius 1 is 1.10 bits per heavy atom. The summed E-state index contributed by atoms with van der Waals surface area (Å²) >= 11 is 0. The van der Waals surface area contributed by atoms with Gasteiger partial charge in [-0.05, 0) is 28.7 Å². The summed E-state index contributed by atoms with van der Waals surface area (Å²) in [5.41, 5.74) is 5.18. The first-order chi connectivity index (χ1) is 9.74. The fraction of sp³-hybridized carbons (Fsp3) is 0.250. The van der Waals surface area contributed by atoms with Crippen molar-refractivity contribution in [1.29, 1.82) is 0 Å². The van der Waals surface area contributed by atoms with Gasteiger partial charge in [-0.15, -0.1) is 0 Å². The fourth-order valence-corrected chi connectivity index (χ4v) is 3.51. The van der Waals surface area contributed by atoms with Crippen molar-refractivity contribution < 1.29 is 4.92 Å². The number of fused-ring (bicyclic) bond motifs is 1. The van der Waals surface area contributed by atoms with Crippen molar-refractivity contribution in [3.05, 3.63) is 74.8 Å². The highest BCUT2D eigenvalue weighted by molar-refractivity contribution is 5.52. The van der Waals surface area contributed by atoms with Crippen LogP contribution in [0, 0.1) is 10.1 Å². The number of nitro groups is 1. The van der Waals surface area contributed by atoms with Gasteiger partial charge < -0.3 is 5.32 Å². The maximum Gasteiger partial charge on any atom is 0.269 e. The van der Waals surface area contributed by atoms with E-state index in [-0.39, 0.29) is 16.5 Å². The second-order valence-electron chi connectivity index (χ2n) is 5.49. The molecule has 2 aliphatic heterocycles. The molecule has 1 N–H and O–H groups in total. The molecule has 4 heteroatoms. The molecule has 1 aliphatic carbocycles. The van der Waals surface area contributed by atoms with Gasteiger partial charge in [-0.25, -0.2) is 0 Å². The van der Waals surface area contributed by atoms with Crippen LogP contribution in [0.5, 0.6) is 0 Å². The number of nitro benzene ring substituents is 1. The number of hydrogen-bond donors (Lipinski definition) is 1. The summed E-state index contributed by atoms with van der Waals surface area (Å²) in [7, 11) is 0. The molecule has 20 heavy (non-hydrogen) atoms. The first kappa shape index (κ1) is 11.6. The molecule has 0 saturated heterocycles. The summed E-state index contributed by atoms with van der Waals surface area (Å²) in [4.78, 5) is 10.7. The lowest BCUT2D eigenvalue weighted by atomic mass is 9.85. The SMILES string of the molecule is O=[N+]([O-])c1ccc2c(c1)[C@H]1CN[C@@H](C2)c2ccccc21. The van der Waals surface area contributed by atoms with E-state index in [2.05, 4.69) is 29.6 Å². The quantitative estimate of drug-likeness (QED) is 0.637. The molecule has 0 aromatic heterocycles. The Bertz CT molecular complexity index is 711. The van der Waals surface area contributed by atoms with Crippen molar-refractivity contribution in [2.45, 2.75) is 18.4 Å². The summed E-state index contributed by atoms with van der Waals surface area (Å²) in [6, 6.07) is 14.1. The zero-order valence-electron chi connectivity index (χ0n) is 10.9. The predicted octanol–water partition coefficient (Wildman–Crippen LogP) is 2.93. The average molecular weight is 266 g/mol. The minimum atomic E-state index is -0.309. The van der Waals surface area contributed by atoms with Crippen LogP contribution in [0.25, 0.3) is 0 Å². The van der Waals surface area contributed by atoms with Gasteiger partial charge in [0, 0.05) is 30.6 Å². The van der Waals surface area contributed by atoms with Gasteiger partial charge in [-0.3, -0.25) is 10.1 Å². The van der Waals surface area contributed by atoms with E-state index in [0.29, 0.717) is 6.04 Å². The fourth-order valence-electron chi connectivity index (χ4n) is 3.51. The third kappa shape index (κ3) is 1.58. The Hall–Kier alpha value is -2.20. The number of non-ortho nitro benzene ring substituents is 1.